The van der Waals surface area contributed by atoms with Crippen LogP contribution in [0.3, 0.4) is 0 Å². The molecule has 1 fully saturated rings. The Kier molecular flexibility index (Phi) is 4.75. The van der Waals surface area contributed by atoms with Gasteiger partial charge in [0.05, 0.1) is 5.75 Å². The summed E-state index contributed by atoms with van der Waals surface area (Å²) in [5.74, 6) is -0.00360. The molecule has 0 aromatic heterocycles. The van der Waals surface area contributed by atoms with Gasteiger partial charge in [0.1, 0.15) is 5.37 Å². The van der Waals surface area contributed by atoms with Gasteiger partial charge in [-0.2, -0.15) is 0 Å². The fraction of sp³-hybridized carbons (Fsp3) is 0.294. The third kappa shape index (κ3) is 3.44. The van der Waals surface area contributed by atoms with E-state index >= 15 is 0 Å². The standard InChI is InChI=1S/C17H19BrN2O2S/c1-2-9-23(21,22)17-12-19-7-8-20(17)16-6-4-13-10-15(18)5-3-14(13)11-16/h2-6,10-11,17,19H,1,7-9,12H2. The van der Waals surface area contributed by atoms with Crippen molar-refractivity contribution in [1.82, 2.24) is 5.32 Å². The molecule has 4 nitrogen and oxygen atoms in total. The fourth-order valence-electron chi connectivity index (χ4n) is 2.95. The molecule has 0 spiro atoms. The summed E-state index contributed by atoms with van der Waals surface area (Å²) in [5.41, 5.74) is 0.943. The molecule has 122 valence electrons. The molecule has 0 amide bonds. The van der Waals surface area contributed by atoms with Crippen molar-refractivity contribution >= 4 is 42.2 Å². The molecule has 23 heavy (non-hydrogen) atoms. The molecule has 2 aromatic rings. The molecule has 1 unspecified atom stereocenters. The van der Waals surface area contributed by atoms with Crippen LogP contribution in [0.4, 0.5) is 5.69 Å². The third-order valence-electron chi connectivity index (χ3n) is 4.08. The third-order valence-corrected chi connectivity index (χ3v) is 6.52. The Labute approximate surface area is 145 Å². The van der Waals surface area contributed by atoms with Crippen LogP contribution < -0.4 is 10.2 Å². The van der Waals surface area contributed by atoms with E-state index < -0.39 is 15.2 Å². The number of nitrogens with one attached hydrogen (secondary N) is 1. The molecule has 1 atom stereocenters. The average molecular weight is 395 g/mol. The zero-order valence-corrected chi connectivity index (χ0v) is 15.1. The first-order chi connectivity index (χ1) is 11.0. The van der Waals surface area contributed by atoms with Gasteiger partial charge in [-0.15, -0.1) is 6.58 Å². The molecule has 1 saturated heterocycles. The lowest BCUT2D eigenvalue weighted by Gasteiger charge is -2.37. The summed E-state index contributed by atoms with van der Waals surface area (Å²) < 4.78 is 26.1. The number of halogens is 1. The van der Waals surface area contributed by atoms with Crippen molar-refractivity contribution in [2.45, 2.75) is 5.37 Å². The summed E-state index contributed by atoms with van der Waals surface area (Å²) in [6.45, 7) is 5.45. The Morgan fingerprint density at radius 3 is 2.78 bits per heavy atom. The van der Waals surface area contributed by atoms with E-state index in [2.05, 4.69) is 40.0 Å². The number of anilines is 1. The molecule has 1 N–H and O–H groups in total. The molecule has 1 aliphatic rings. The smallest absolute Gasteiger partial charge is 0.176 e. The Morgan fingerprint density at radius 1 is 1.26 bits per heavy atom. The molecule has 0 radical (unpaired) electrons. The van der Waals surface area contributed by atoms with Gasteiger partial charge < -0.3 is 10.2 Å². The number of hydrogen-bond donors (Lipinski definition) is 1. The Morgan fingerprint density at radius 2 is 2.00 bits per heavy atom. The van der Waals surface area contributed by atoms with Crippen molar-refractivity contribution < 1.29 is 8.42 Å². The highest BCUT2D eigenvalue weighted by Gasteiger charge is 2.32. The molecule has 3 rings (SSSR count). The summed E-state index contributed by atoms with van der Waals surface area (Å²) in [6, 6.07) is 12.2. The Balaban J connectivity index is 2.00. The van der Waals surface area contributed by atoms with Crippen LogP contribution in [0.1, 0.15) is 0 Å². The highest BCUT2D eigenvalue weighted by Crippen LogP contribution is 2.28. The van der Waals surface area contributed by atoms with Gasteiger partial charge >= 0.3 is 0 Å². The van der Waals surface area contributed by atoms with E-state index in [4.69, 9.17) is 0 Å². The lowest BCUT2D eigenvalue weighted by molar-refractivity contribution is 0.520. The van der Waals surface area contributed by atoms with Crippen LogP contribution in [0.15, 0.2) is 53.5 Å². The molecule has 1 heterocycles. The average Bonchev–Trinajstić information content (AvgIpc) is 2.54. The second kappa shape index (κ2) is 6.63. The first-order valence-corrected chi connectivity index (χ1v) is 10.0. The van der Waals surface area contributed by atoms with Crippen molar-refractivity contribution in [1.29, 1.82) is 0 Å². The number of hydrogen-bond acceptors (Lipinski definition) is 4. The molecule has 0 bridgehead atoms. The number of benzene rings is 2. The maximum Gasteiger partial charge on any atom is 0.176 e. The van der Waals surface area contributed by atoms with Crippen LogP contribution in [0.5, 0.6) is 0 Å². The van der Waals surface area contributed by atoms with Crippen LogP contribution in [0.2, 0.25) is 0 Å². The van der Waals surface area contributed by atoms with Crippen LogP contribution in [0, 0.1) is 0 Å². The first-order valence-electron chi connectivity index (χ1n) is 7.50. The minimum Gasteiger partial charge on any atom is -0.353 e. The maximum absolute atomic E-state index is 12.5. The van der Waals surface area contributed by atoms with E-state index in [0.29, 0.717) is 13.1 Å². The van der Waals surface area contributed by atoms with Gasteiger partial charge in [0.15, 0.2) is 9.84 Å². The molecule has 2 aromatic carbocycles. The van der Waals surface area contributed by atoms with Crippen LogP contribution in [-0.2, 0) is 9.84 Å². The maximum atomic E-state index is 12.5. The van der Waals surface area contributed by atoms with Gasteiger partial charge in [0, 0.05) is 29.8 Å². The van der Waals surface area contributed by atoms with Gasteiger partial charge in [0.25, 0.3) is 0 Å². The van der Waals surface area contributed by atoms with E-state index in [1.165, 1.54) is 6.08 Å². The summed E-state index contributed by atoms with van der Waals surface area (Å²) >= 11 is 3.47. The molecule has 6 heteroatoms. The van der Waals surface area contributed by atoms with Crippen molar-refractivity contribution in [2.24, 2.45) is 0 Å². The zero-order valence-electron chi connectivity index (χ0n) is 12.7. The summed E-state index contributed by atoms with van der Waals surface area (Å²) in [5, 5.41) is 4.86. The number of nitrogens with zero attached hydrogens (tertiary/aromatic N) is 1. The largest absolute Gasteiger partial charge is 0.353 e. The Bertz CT molecular complexity index is 836. The molecule has 0 saturated carbocycles. The van der Waals surface area contributed by atoms with Gasteiger partial charge in [0.2, 0.25) is 0 Å². The van der Waals surface area contributed by atoms with E-state index in [9.17, 15) is 8.42 Å². The molecular formula is C17H19BrN2O2S. The van der Waals surface area contributed by atoms with E-state index in [-0.39, 0.29) is 5.75 Å². The van der Waals surface area contributed by atoms with Crippen molar-refractivity contribution in [3.63, 3.8) is 0 Å². The van der Waals surface area contributed by atoms with Gasteiger partial charge in [-0.05, 0) is 35.0 Å². The van der Waals surface area contributed by atoms with Crippen molar-refractivity contribution in [2.75, 3.05) is 30.3 Å². The van der Waals surface area contributed by atoms with E-state index in [1.54, 1.807) is 0 Å². The second-order valence-electron chi connectivity index (χ2n) is 5.65. The second-order valence-corrected chi connectivity index (χ2v) is 8.77. The minimum absolute atomic E-state index is 0.00360. The van der Waals surface area contributed by atoms with Crippen molar-refractivity contribution in [3.8, 4) is 0 Å². The topological polar surface area (TPSA) is 49.4 Å². The lowest BCUT2D eigenvalue weighted by Crippen LogP contribution is -2.55. The lowest BCUT2D eigenvalue weighted by atomic mass is 10.1. The predicted molar refractivity (Wildman–Crippen MR) is 99.6 cm³/mol. The molecular weight excluding hydrogens is 376 g/mol. The van der Waals surface area contributed by atoms with Crippen LogP contribution in [0.25, 0.3) is 10.8 Å². The van der Waals surface area contributed by atoms with Crippen molar-refractivity contribution in [3.05, 3.63) is 53.5 Å². The SMILES string of the molecule is C=CCS(=O)(=O)C1CNCCN1c1ccc2cc(Br)ccc2c1. The Hall–Kier alpha value is -1.37. The van der Waals surface area contributed by atoms with Crippen LogP contribution in [-0.4, -0.2) is 39.2 Å². The monoisotopic (exact) mass is 394 g/mol. The number of fused-ring (bicyclic) bond motifs is 1. The van der Waals surface area contributed by atoms with Gasteiger partial charge in [-0.3, -0.25) is 0 Å². The van der Waals surface area contributed by atoms with Gasteiger partial charge in [-0.25, -0.2) is 8.42 Å². The fourth-order valence-corrected chi connectivity index (χ4v) is 4.87. The van der Waals surface area contributed by atoms with Crippen LogP contribution >= 0.6 is 15.9 Å². The summed E-state index contributed by atoms with van der Waals surface area (Å²) in [7, 11) is -3.25. The summed E-state index contributed by atoms with van der Waals surface area (Å²) in [6.07, 6.45) is 1.46. The highest BCUT2D eigenvalue weighted by molar-refractivity contribution is 9.10. The molecule has 1 aliphatic heterocycles. The number of piperazine rings is 1. The quantitative estimate of drug-likeness (QED) is 0.809. The normalized spacial score (nSPS) is 19.0. The summed E-state index contributed by atoms with van der Waals surface area (Å²) in [4.78, 5) is 1.98. The zero-order chi connectivity index (χ0) is 16.4. The number of sulfone groups is 1. The number of rotatable bonds is 4. The molecule has 0 aliphatic carbocycles. The van der Waals surface area contributed by atoms with E-state index in [1.807, 2.05) is 29.2 Å². The van der Waals surface area contributed by atoms with Gasteiger partial charge in [-0.1, -0.05) is 34.1 Å². The predicted octanol–water partition coefficient (Wildman–Crippen LogP) is 2.94. The highest BCUT2D eigenvalue weighted by atomic mass is 79.9. The first kappa shape index (κ1) is 16.5. The minimum atomic E-state index is -3.25. The van der Waals surface area contributed by atoms with E-state index in [0.717, 1.165) is 27.5 Å².